The summed E-state index contributed by atoms with van der Waals surface area (Å²) in [6, 6.07) is 2.44. The average molecular weight is 248 g/mol. The summed E-state index contributed by atoms with van der Waals surface area (Å²) in [7, 11) is 0. The van der Waals surface area contributed by atoms with Crippen LogP contribution in [0.3, 0.4) is 0 Å². The first-order valence-corrected chi connectivity index (χ1v) is 5.49. The summed E-state index contributed by atoms with van der Waals surface area (Å²) in [5.74, 6) is -1.73. The van der Waals surface area contributed by atoms with Crippen LogP contribution in [-0.4, -0.2) is 31.2 Å². The van der Waals surface area contributed by atoms with E-state index in [-0.39, 0.29) is 22.7 Å². The predicted molar refractivity (Wildman–Crippen MR) is 60.0 cm³/mol. The van der Waals surface area contributed by atoms with E-state index in [2.05, 4.69) is 5.32 Å². The van der Waals surface area contributed by atoms with Crippen LogP contribution in [0.4, 0.5) is 10.1 Å². The number of nitrogens with one attached hydrogen (secondary N) is 1. The molecule has 0 saturated carbocycles. The van der Waals surface area contributed by atoms with Crippen LogP contribution >= 0.6 is 0 Å². The van der Waals surface area contributed by atoms with E-state index in [1.54, 1.807) is 4.90 Å². The van der Waals surface area contributed by atoms with Gasteiger partial charge in [0.25, 0.3) is 11.8 Å². The van der Waals surface area contributed by atoms with Gasteiger partial charge in [-0.2, -0.15) is 0 Å². The maximum absolute atomic E-state index is 13.8. The fourth-order valence-electron chi connectivity index (χ4n) is 2.21. The molecule has 1 aromatic rings. The molecule has 6 heteroatoms. The minimum Gasteiger partial charge on any atom is -0.368 e. The summed E-state index contributed by atoms with van der Waals surface area (Å²) in [6.07, 6.45) is 0.831. The van der Waals surface area contributed by atoms with E-state index in [0.717, 1.165) is 12.4 Å². The fourth-order valence-corrected chi connectivity index (χ4v) is 2.21. The molecule has 1 aromatic carbocycles. The second kappa shape index (κ2) is 3.63. The molecule has 2 amide bonds. The van der Waals surface area contributed by atoms with Crippen LogP contribution in [0.25, 0.3) is 0 Å². The summed E-state index contributed by atoms with van der Waals surface area (Å²) >= 11 is 0. The van der Waals surface area contributed by atoms with Gasteiger partial charge in [-0.1, -0.05) is 0 Å². The van der Waals surface area contributed by atoms with Crippen LogP contribution in [0.2, 0.25) is 0 Å². The van der Waals surface area contributed by atoms with Crippen LogP contribution < -0.4 is 10.2 Å². The Bertz CT molecular complexity index is 579. The van der Waals surface area contributed by atoms with Crippen molar-refractivity contribution < 1.29 is 18.8 Å². The standard InChI is InChI=1S/C12H9FN2O3/c13-9-1-7-8(12(18)14-11(7)17)2-10(9)15-3-6(4-15)5-16/h1-2,5-6H,3-4H2,(H,14,17,18). The van der Waals surface area contributed by atoms with Crippen molar-refractivity contribution in [2.75, 3.05) is 18.0 Å². The highest BCUT2D eigenvalue weighted by molar-refractivity contribution is 6.21. The predicted octanol–water partition coefficient (Wildman–Crippen LogP) is 0.344. The number of carbonyl (C=O) groups is 3. The third kappa shape index (κ3) is 1.42. The van der Waals surface area contributed by atoms with E-state index in [0.29, 0.717) is 13.1 Å². The quantitative estimate of drug-likeness (QED) is 0.605. The zero-order valence-corrected chi connectivity index (χ0v) is 9.27. The number of anilines is 1. The Balaban J connectivity index is 1.98. The first kappa shape index (κ1) is 10.9. The SMILES string of the molecule is O=CC1CN(c2cc3c(cc2F)C(=O)NC3=O)C1. The normalized spacial score (nSPS) is 18.4. The van der Waals surface area contributed by atoms with Gasteiger partial charge in [0.1, 0.15) is 12.1 Å². The summed E-state index contributed by atoms with van der Waals surface area (Å²) in [6.45, 7) is 0.879. The number of halogens is 1. The lowest BCUT2D eigenvalue weighted by Gasteiger charge is -2.38. The van der Waals surface area contributed by atoms with Crippen molar-refractivity contribution in [2.24, 2.45) is 5.92 Å². The number of carbonyl (C=O) groups excluding carboxylic acids is 3. The molecule has 0 unspecified atom stereocenters. The molecule has 0 aromatic heterocycles. The third-order valence-electron chi connectivity index (χ3n) is 3.25. The molecule has 0 aliphatic carbocycles. The van der Waals surface area contributed by atoms with Gasteiger partial charge in [-0.25, -0.2) is 4.39 Å². The minimum atomic E-state index is -0.574. The molecule has 0 spiro atoms. The second-order valence-corrected chi connectivity index (χ2v) is 4.43. The Morgan fingerprint density at radius 2 is 1.83 bits per heavy atom. The first-order valence-electron chi connectivity index (χ1n) is 5.49. The van der Waals surface area contributed by atoms with E-state index in [4.69, 9.17) is 0 Å². The second-order valence-electron chi connectivity index (χ2n) is 4.43. The molecule has 0 atom stereocenters. The van der Waals surface area contributed by atoms with Gasteiger partial charge in [0.05, 0.1) is 16.8 Å². The fraction of sp³-hybridized carbons (Fsp3) is 0.250. The lowest BCUT2D eigenvalue weighted by molar-refractivity contribution is -0.111. The number of hydrogen-bond donors (Lipinski definition) is 1. The van der Waals surface area contributed by atoms with Gasteiger partial charge >= 0.3 is 0 Å². The van der Waals surface area contributed by atoms with Gasteiger partial charge in [-0.05, 0) is 12.1 Å². The molecule has 92 valence electrons. The molecular formula is C12H9FN2O3. The first-order chi connectivity index (χ1) is 8.60. The maximum atomic E-state index is 13.8. The smallest absolute Gasteiger partial charge is 0.259 e. The van der Waals surface area contributed by atoms with Crippen LogP contribution in [0, 0.1) is 11.7 Å². The Labute approximate surface area is 102 Å². The summed E-state index contributed by atoms with van der Waals surface area (Å²) in [5.41, 5.74) is 0.511. The van der Waals surface area contributed by atoms with Gasteiger partial charge in [0, 0.05) is 19.0 Å². The monoisotopic (exact) mass is 248 g/mol. The highest BCUT2D eigenvalue weighted by Gasteiger charge is 2.33. The summed E-state index contributed by atoms with van der Waals surface area (Å²) < 4.78 is 13.8. The molecule has 5 nitrogen and oxygen atoms in total. The van der Waals surface area contributed by atoms with E-state index < -0.39 is 17.6 Å². The molecule has 2 heterocycles. The van der Waals surface area contributed by atoms with Crippen molar-refractivity contribution in [2.45, 2.75) is 0 Å². The Kier molecular flexibility index (Phi) is 2.19. The number of fused-ring (bicyclic) bond motifs is 1. The topological polar surface area (TPSA) is 66.5 Å². The molecule has 1 fully saturated rings. The summed E-state index contributed by atoms with van der Waals surface area (Å²) in [5, 5.41) is 2.11. The molecule has 2 aliphatic heterocycles. The molecule has 2 aliphatic rings. The minimum absolute atomic E-state index is 0.0636. The number of nitrogens with zero attached hydrogens (tertiary/aromatic N) is 1. The van der Waals surface area contributed by atoms with E-state index >= 15 is 0 Å². The molecule has 18 heavy (non-hydrogen) atoms. The van der Waals surface area contributed by atoms with Crippen molar-refractivity contribution in [1.82, 2.24) is 5.32 Å². The van der Waals surface area contributed by atoms with Crippen molar-refractivity contribution in [3.05, 3.63) is 29.1 Å². The Morgan fingerprint density at radius 1 is 1.22 bits per heavy atom. The molecule has 1 saturated heterocycles. The number of aldehydes is 1. The van der Waals surface area contributed by atoms with E-state index in [1.807, 2.05) is 0 Å². The van der Waals surface area contributed by atoms with Crippen LogP contribution in [-0.2, 0) is 4.79 Å². The molecule has 1 N–H and O–H groups in total. The highest BCUT2D eigenvalue weighted by atomic mass is 19.1. The van der Waals surface area contributed by atoms with Crippen molar-refractivity contribution >= 4 is 23.8 Å². The number of benzene rings is 1. The molecular weight excluding hydrogens is 239 g/mol. The molecule has 0 bridgehead atoms. The maximum Gasteiger partial charge on any atom is 0.259 e. The zero-order chi connectivity index (χ0) is 12.9. The van der Waals surface area contributed by atoms with Crippen LogP contribution in [0.5, 0.6) is 0 Å². The Hall–Kier alpha value is -2.24. The van der Waals surface area contributed by atoms with Crippen LogP contribution in [0.1, 0.15) is 20.7 Å². The Morgan fingerprint density at radius 3 is 2.44 bits per heavy atom. The van der Waals surface area contributed by atoms with Gasteiger partial charge < -0.3 is 9.69 Å². The molecule has 0 radical (unpaired) electrons. The van der Waals surface area contributed by atoms with Crippen LogP contribution in [0.15, 0.2) is 12.1 Å². The van der Waals surface area contributed by atoms with Crippen molar-refractivity contribution in [3.63, 3.8) is 0 Å². The van der Waals surface area contributed by atoms with E-state index in [1.165, 1.54) is 6.07 Å². The van der Waals surface area contributed by atoms with Gasteiger partial charge in [-0.3, -0.25) is 14.9 Å². The number of amides is 2. The van der Waals surface area contributed by atoms with Gasteiger partial charge in [0.15, 0.2) is 0 Å². The van der Waals surface area contributed by atoms with Crippen molar-refractivity contribution in [3.8, 4) is 0 Å². The zero-order valence-electron chi connectivity index (χ0n) is 9.27. The lowest BCUT2D eigenvalue weighted by Crippen LogP contribution is -2.48. The molecule has 3 rings (SSSR count). The summed E-state index contributed by atoms with van der Waals surface area (Å²) in [4.78, 5) is 35.0. The van der Waals surface area contributed by atoms with Crippen molar-refractivity contribution in [1.29, 1.82) is 0 Å². The third-order valence-corrected chi connectivity index (χ3v) is 3.25. The number of imide groups is 1. The number of hydrogen-bond acceptors (Lipinski definition) is 4. The lowest BCUT2D eigenvalue weighted by atomic mass is 9.99. The average Bonchev–Trinajstić information content (AvgIpc) is 2.53. The largest absolute Gasteiger partial charge is 0.368 e. The van der Waals surface area contributed by atoms with Gasteiger partial charge in [0.2, 0.25) is 0 Å². The van der Waals surface area contributed by atoms with E-state index in [9.17, 15) is 18.8 Å². The highest BCUT2D eigenvalue weighted by Crippen LogP contribution is 2.30. The number of rotatable bonds is 2. The van der Waals surface area contributed by atoms with Gasteiger partial charge in [-0.15, -0.1) is 0 Å².